The molecule has 1 saturated heterocycles. The predicted molar refractivity (Wildman–Crippen MR) is 127 cm³/mol. The van der Waals surface area contributed by atoms with Crippen molar-refractivity contribution < 1.29 is 13.9 Å². The van der Waals surface area contributed by atoms with E-state index in [0.717, 1.165) is 38.0 Å². The first-order valence-corrected chi connectivity index (χ1v) is 12.1. The maximum absolute atomic E-state index is 14.7. The lowest BCUT2D eigenvalue weighted by molar-refractivity contribution is 0.170. The normalized spacial score (nSPS) is 19.7. The van der Waals surface area contributed by atoms with Gasteiger partial charge in [-0.2, -0.15) is 5.26 Å². The van der Waals surface area contributed by atoms with Crippen LogP contribution in [-0.4, -0.2) is 53.3 Å². The topological polar surface area (TPSA) is 92.4 Å². The number of nitrogens with one attached hydrogen (secondary N) is 1. The Hall–Kier alpha value is -3.48. The van der Waals surface area contributed by atoms with E-state index < -0.39 is 0 Å². The predicted octanol–water partition coefficient (Wildman–Crippen LogP) is 2.53. The van der Waals surface area contributed by atoms with Gasteiger partial charge in [-0.1, -0.05) is 0 Å². The Morgan fingerprint density at radius 2 is 2.03 bits per heavy atom. The molecule has 9 heteroatoms. The van der Waals surface area contributed by atoms with Crippen LogP contribution in [0.2, 0.25) is 0 Å². The molecule has 8 nitrogen and oxygen atoms in total. The lowest BCUT2D eigenvalue weighted by Gasteiger charge is -2.34. The number of nitriles is 1. The molecule has 1 N–H and O–H groups in total. The monoisotopic (exact) mass is 475 g/mol. The van der Waals surface area contributed by atoms with E-state index in [2.05, 4.69) is 21.3 Å². The summed E-state index contributed by atoms with van der Waals surface area (Å²) in [7, 11) is 0. The summed E-state index contributed by atoms with van der Waals surface area (Å²) in [5, 5.41) is 13.1. The molecule has 0 spiro atoms. The first-order chi connectivity index (χ1) is 17.1. The summed E-state index contributed by atoms with van der Waals surface area (Å²) >= 11 is 0. The standard InChI is InChI=1S/C26H26FN5O3/c27-20-13-30-21-1-2-23(33)32-15-18(24(20)25(21)32)14-31-5-3-19(4-6-31)29-12-16-9-17(11-28)26-22(10-16)34-7-8-35-26/h1-2,9-10,13,18-19,29H,3-8,12,14-15H2. The Balaban J connectivity index is 1.07. The summed E-state index contributed by atoms with van der Waals surface area (Å²) in [5.41, 5.74) is 3.35. The van der Waals surface area contributed by atoms with Gasteiger partial charge in [0.2, 0.25) is 0 Å². The van der Waals surface area contributed by atoms with E-state index in [4.69, 9.17) is 9.47 Å². The molecule has 180 valence electrons. The van der Waals surface area contributed by atoms with Crippen LogP contribution in [0.25, 0.3) is 11.0 Å². The van der Waals surface area contributed by atoms with E-state index in [1.54, 1.807) is 10.6 Å². The number of halogens is 1. The highest BCUT2D eigenvalue weighted by Gasteiger charge is 2.31. The summed E-state index contributed by atoms with van der Waals surface area (Å²) in [6.45, 7) is 4.62. The Kier molecular flexibility index (Phi) is 5.63. The third-order valence-corrected chi connectivity index (χ3v) is 7.29. The van der Waals surface area contributed by atoms with Gasteiger partial charge in [0.1, 0.15) is 25.1 Å². The summed E-state index contributed by atoms with van der Waals surface area (Å²) in [6, 6.07) is 9.56. The first-order valence-electron chi connectivity index (χ1n) is 12.1. The second kappa shape index (κ2) is 8.95. The van der Waals surface area contributed by atoms with Gasteiger partial charge < -0.3 is 24.3 Å². The van der Waals surface area contributed by atoms with Crippen molar-refractivity contribution in [3.63, 3.8) is 0 Å². The molecule has 2 aromatic heterocycles. The molecule has 1 fully saturated rings. The number of nitrogens with zero attached hydrogens (tertiary/aromatic N) is 4. The molecule has 0 amide bonds. The average Bonchev–Trinajstić information content (AvgIpc) is 3.28. The molecule has 3 aliphatic rings. The number of hydrogen-bond donors (Lipinski definition) is 1. The van der Waals surface area contributed by atoms with Gasteiger partial charge in [0, 0.05) is 43.2 Å². The molecule has 5 heterocycles. The molecule has 0 radical (unpaired) electrons. The number of likely N-dealkylation sites (tertiary alicyclic amines) is 1. The summed E-state index contributed by atoms with van der Waals surface area (Å²) in [4.78, 5) is 18.9. The van der Waals surface area contributed by atoms with Crippen molar-refractivity contribution in [1.82, 2.24) is 19.8 Å². The van der Waals surface area contributed by atoms with Gasteiger partial charge in [0.05, 0.1) is 22.8 Å². The average molecular weight is 476 g/mol. The molecule has 0 saturated carbocycles. The maximum Gasteiger partial charge on any atom is 0.251 e. The molecular formula is C26H26FN5O3. The van der Waals surface area contributed by atoms with E-state index >= 15 is 0 Å². The van der Waals surface area contributed by atoms with E-state index in [0.29, 0.717) is 66.0 Å². The van der Waals surface area contributed by atoms with Crippen LogP contribution < -0.4 is 20.3 Å². The van der Waals surface area contributed by atoms with Gasteiger partial charge in [0.25, 0.3) is 5.56 Å². The number of benzene rings is 1. The molecule has 1 atom stereocenters. The largest absolute Gasteiger partial charge is 0.486 e. The van der Waals surface area contributed by atoms with Crippen molar-refractivity contribution in [2.45, 2.75) is 37.9 Å². The molecular weight excluding hydrogens is 449 g/mol. The van der Waals surface area contributed by atoms with Gasteiger partial charge >= 0.3 is 0 Å². The van der Waals surface area contributed by atoms with Crippen LogP contribution >= 0.6 is 0 Å². The highest BCUT2D eigenvalue weighted by Crippen LogP contribution is 2.36. The molecule has 0 bridgehead atoms. The van der Waals surface area contributed by atoms with Crippen LogP contribution in [0.15, 0.2) is 35.3 Å². The summed E-state index contributed by atoms with van der Waals surface area (Å²) in [5.74, 6) is 0.792. The van der Waals surface area contributed by atoms with Crippen molar-refractivity contribution in [2.75, 3.05) is 32.8 Å². The van der Waals surface area contributed by atoms with Crippen molar-refractivity contribution >= 4 is 11.0 Å². The summed E-state index contributed by atoms with van der Waals surface area (Å²) in [6.07, 6.45) is 3.23. The van der Waals surface area contributed by atoms with Crippen LogP contribution in [0.4, 0.5) is 4.39 Å². The van der Waals surface area contributed by atoms with E-state index in [1.165, 1.54) is 12.3 Å². The molecule has 35 heavy (non-hydrogen) atoms. The minimum absolute atomic E-state index is 0.0535. The van der Waals surface area contributed by atoms with Crippen molar-refractivity contribution in [3.05, 3.63) is 63.3 Å². The van der Waals surface area contributed by atoms with E-state index in [9.17, 15) is 14.4 Å². The Morgan fingerprint density at radius 1 is 1.20 bits per heavy atom. The number of aromatic nitrogens is 2. The van der Waals surface area contributed by atoms with Gasteiger partial charge in [0.15, 0.2) is 11.5 Å². The first kappa shape index (κ1) is 22.0. The molecule has 6 rings (SSSR count). The Labute approximate surface area is 201 Å². The van der Waals surface area contributed by atoms with Crippen LogP contribution in [0, 0.1) is 17.1 Å². The molecule has 1 aromatic carbocycles. The van der Waals surface area contributed by atoms with Gasteiger partial charge in [-0.25, -0.2) is 4.39 Å². The number of fused-ring (bicyclic) bond motifs is 1. The quantitative estimate of drug-likeness (QED) is 0.606. The van der Waals surface area contributed by atoms with Crippen LogP contribution in [0.1, 0.15) is 35.4 Å². The zero-order chi connectivity index (χ0) is 23.9. The molecule has 0 aliphatic carbocycles. The summed E-state index contributed by atoms with van der Waals surface area (Å²) < 4.78 is 27.7. The smallest absolute Gasteiger partial charge is 0.251 e. The van der Waals surface area contributed by atoms with Crippen LogP contribution in [-0.2, 0) is 13.1 Å². The minimum atomic E-state index is -0.327. The van der Waals surface area contributed by atoms with Gasteiger partial charge in [-0.3, -0.25) is 9.78 Å². The lowest BCUT2D eigenvalue weighted by atomic mass is 9.98. The third kappa shape index (κ3) is 4.03. The number of hydrogen-bond acceptors (Lipinski definition) is 7. The SMILES string of the molecule is N#Cc1cc(CNC2CCN(CC3Cn4c(=O)ccc5ncc(F)c3c54)CC2)cc2c1OCCO2. The third-order valence-electron chi connectivity index (χ3n) is 7.29. The van der Waals surface area contributed by atoms with Gasteiger partial charge in [-0.05, 0) is 49.7 Å². The van der Waals surface area contributed by atoms with E-state index in [-0.39, 0.29) is 17.3 Å². The molecule has 3 aromatic rings. The fourth-order valence-electron chi connectivity index (χ4n) is 5.58. The van der Waals surface area contributed by atoms with Crippen molar-refractivity contribution in [2.24, 2.45) is 0 Å². The number of ether oxygens (including phenoxy) is 2. The van der Waals surface area contributed by atoms with E-state index in [1.807, 2.05) is 12.1 Å². The highest BCUT2D eigenvalue weighted by molar-refractivity contribution is 5.80. The van der Waals surface area contributed by atoms with Crippen molar-refractivity contribution in [1.29, 1.82) is 5.26 Å². The number of pyridine rings is 2. The van der Waals surface area contributed by atoms with Crippen molar-refractivity contribution in [3.8, 4) is 17.6 Å². The Morgan fingerprint density at radius 3 is 2.86 bits per heavy atom. The van der Waals surface area contributed by atoms with Gasteiger partial charge in [-0.15, -0.1) is 0 Å². The van der Waals surface area contributed by atoms with Crippen LogP contribution in [0.3, 0.4) is 0 Å². The number of piperidine rings is 1. The highest BCUT2D eigenvalue weighted by atomic mass is 19.1. The fraction of sp³-hybridized carbons (Fsp3) is 0.423. The maximum atomic E-state index is 14.7. The lowest BCUT2D eigenvalue weighted by Crippen LogP contribution is -2.43. The fourth-order valence-corrected chi connectivity index (χ4v) is 5.58. The zero-order valence-corrected chi connectivity index (χ0v) is 19.3. The van der Waals surface area contributed by atoms with Crippen LogP contribution in [0.5, 0.6) is 11.5 Å². The second-order valence-corrected chi connectivity index (χ2v) is 9.47. The zero-order valence-electron chi connectivity index (χ0n) is 19.3. The minimum Gasteiger partial charge on any atom is -0.486 e. The molecule has 3 aliphatic heterocycles. The Bertz CT molecular complexity index is 1390. The number of rotatable bonds is 5. The molecule has 1 unspecified atom stereocenters. The second-order valence-electron chi connectivity index (χ2n) is 9.47.